The summed E-state index contributed by atoms with van der Waals surface area (Å²) in [5, 5.41) is 1.46. The van der Waals surface area contributed by atoms with Crippen LogP contribution in [0.15, 0.2) is 35.3 Å². The van der Waals surface area contributed by atoms with Crippen LogP contribution in [0.25, 0.3) is 5.69 Å². The van der Waals surface area contributed by atoms with Gasteiger partial charge in [-0.2, -0.15) is 0 Å². The molecule has 2 aromatic heterocycles. The van der Waals surface area contributed by atoms with Gasteiger partial charge in [0.15, 0.2) is 0 Å². The second-order valence-electron chi connectivity index (χ2n) is 7.48. The van der Waals surface area contributed by atoms with Gasteiger partial charge in [0.1, 0.15) is 5.00 Å². The first kappa shape index (κ1) is 20.9. The molecule has 0 radical (unpaired) electrons. The Kier molecular flexibility index (Phi) is 6.11. The number of aliphatic imine (C=N–C) groups is 1. The number of hydrogen-bond acceptors (Lipinski definition) is 4. The molecule has 0 saturated carbocycles. The summed E-state index contributed by atoms with van der Waals surface area (Å²) in [6.45, 7) is 6.32. The first-order chi connectivity index (χ1) is 14.5. The third kappa shape index (κ3) is 3.84. The number of carbonyl (C=O) groups excluding carboxylic acids is 1. The molecule has 156 valence electrons. The summed E-state index contributed by atoms with van der Waals surface area (Å²) >= 11 is 8.05. The van der Waals surface area contributed by atoms with Crippen LogP contribution in [0.2, 0.25) is 5.02 Å². The van der Waals surface area contributed by atoms with Crippen molar-refractivity contribution in [3.63, 3.8) is 0 Å². The Labute approximate surface area is 186 Å². The molecule has 6 heteroatoms. The van der Waals surface area contributed by atoms with E-state index in [0.29, 0.717) is 17.2 Å². The van der Waals surface area contributed by atoms with Gasteiger partial charge in [0.05, 0.1) is 22.9 Å². The van der Waals surface area contributed by atoms with E-state index in [-0.39, 0.29) is 5.97 Å². The summed E-state index contributed by atoms with van der Waals surface area (Å²) < 4.78 is 7.47. The number of rotatable bonds is 5. The fourth-order valence-corrected chi connectivity index (χ4v) is 5.55. The molecule has 2 heterocycles. The van der Waals surface area contributed by atoms with Gasteiger partial charge >= 0.3 is 5.97 Å². The molecule has 4 nitrogen and oxygen atoms in total. The van der Waals surface area contributed by atoms with E-state index in [9.17, 15) is 4.79 Å². The van der Waals surface area contributed by atoms with Crippen molar-refractivity contribution < 1.29 is 9.53 Å². The molecule has 1 aliphatic rings. The van der Waals surface area contributed by atoms with Crippen molar-refractivity contribution in [2.24, 2.45) is 4.99 Å². The van der Waals surface area contributed by atoms with Gasteiger partial charge in [-0.3, -0.25) is 0 Å². The van der Waals surface area contributed by atoms with Crippen molar-refractivity contribution in [2.75, 3.05) is 6.61 Å². The van der Waals surface area contributed by atoms with E-state index in [2.05, 4.69) is 24.5 Å². The summed E-state index contributed by atoms with van der Waals surface area (Å²) in [4.78, 5) is 18.7. The van der Waals surface area contributed by atoms with Crippen molar-refractivity contribution in [1.82, 2.24) is 4.57 Å². The molecule has 1 aliphatic carbocycles. The van der Waals surface area contributed by atoms with Crippen LogP contribution < -0.4 is 0 Å². The van der Waals surface area contributed by atoms with E-state index in [1.165, 1.54) is 4.88 Å². The lowest BCUT2D eigenvalue weighted by Gasteiger charge is -2.11. The fraction of sp³-hybridized carbons (Fsp3) is 0.333. The molecular formula is C24H25ClN2O2S. The second kappa shape index (κ2) is 8.78. The zero-order chi connectivity index (χ0) is 21.3. The number of halogens is 1. The number of aryl methyl sites for hydroxylation is 2. The van der Waals surface area contributed by atoms with E-state index in [1.807, 2.05) is 37.4 Å². The van der Waals surface area contributed by atoms with Gasteiger partial charge in [-0.25, -0.2) is 9.79 Å². The molecule has 4 rings (SSSR count). The molecule has 0 atom stereocenters. The normalized spacial score (nSPS) is 13.6. The predicted octanol–water partition coefficient (Wildman–Crippen LogP) is 6.62. The predicted molar refractivity (Wildman–Crippen MR) is 124 cm³/mol. The summed E-state index contributed by atoms with van der Waals surface area (Å²) in [7, 11) is 0. The zero-order valence-corrected chi connectivity index (χ0v) is 19.1. The summed E-state index contributed by atoms with van der Waals surface area (Å²) in [5.74, 6) is -0.259. The molecule has 0 unspecified atom stereocenters. The molecule has 3 aromatic rings. The molecule has 0 aliphatic heterocycles. The van der Waals surface area contributed by atoms with E-state index >= 15 is 0 Å². The zero-order valence-electron chi connectivity index (χ0n) is 17.5. The van der Waals surface area contributed by atoms with Crippen LogP contribution in [0.1, 0.15) is 57.5 Å². The quantitative estimate of drug-likeness (QED) is 0.330. The maximum Gasteiger partial charge on any atom is 0.341 e. The van der Waals surface area contributed by atoms with Crippen molar-refractivity contribution in [3.8, 4) is 5.69 Å². The maximum atomic E-state index is 12.6. The lowest BCUT2D eigenvalue weighted by molar-refractivity contribution is 0.0526. The smallest absolute Gasteiger partial charge is 0.341 e. The minimum atomic E-state index is -0.259. The van der Waals surface area contributed by atoms with Crippen LogP contribution in [-0.4, -0.2) is 23.4 Å². The molecular weight excluding hydrogens is 416 g/mol. The van der Waals surface area contributed by atoms with Crippen molar-refractivity contribution in [1.29, 1.82) is 0 Å². The Hall–Kier alpha value is -2.37. The van der Waals surface area contributed by atoms with Crippen molar-refractivity contribution in [3.05, 3.63) is 68.3 Å². The highest BCUT2D eigenvalue weighted by Crippen LogP contribution is 2.40. The third-order valence-corrected chi connectivity index (χ3v) is 7.04. The van der Waals surface area contributed by atoms with Gasteiger partial charge in [0.2, 0.25) is 0 Å². The molecule has 1 aromatic carbocycles. The number of aromatic nitrogens is 1. The Morgan fingerprint density at radius 2 is 2.03 bits per heavy atom. The SMILES string of the molecule is CCOC(=O)c1c(N=Cc2cc(C)n(-c3ccccc3Cl)c2C)sc2c1CCCC2. The molecule has 0 fully saturated rings. The van der Waals surface area contributed by atoms with E-state index in [4.69, 9.17) is 21.3 Å². The van der Waals surface area contributed by atoms with Crippen LogP contribution in [0.4, 0.5) is 5.00 Å². The molecule has 0 amide bonds. The van der Waals surface area contributed by atoms with Gasteiger partial charge in [0, 0.05) is 28.0 Å². The number of nitrogens with zero attached hydrogens (tertiary/aromatic N) is 2. The monoisotopic (exact) mass is 440 g/mol. The summed E-state index contributed by atoms with van der Waals surface area (Å²) in [6, 6.07) is 9.91. The van der Waals surface area contributed by atoms with E-state index < -0.39 is 0 Å². The van der Waals surface area contributed by atoms with Gasteiger partial charge in [-0.05, 0) is 70.2 Å². The molecule has 30 heavy (non-hydrogen) atoms. The number of carbonyl (C=O) groups is 1. The van der Waals surface area contributed by atoms with Gasteiger partial charge < -0.3 is 9.30 Å². The molecule has 0 N–H and O–H groups in total. The van der Waals surface area contributed by atoms with Crippen molar-refractivity contribution >= 4 is 40.1 Å². The number of benzene rings is 1. The lowest BCUT2D eigenvalue weighted by Crippen LogP contribution is -2.09. The summed E-state index contributed by atoms with van der Waals surface area (Å²) in [6.07, 6.45) is 6.07. The minimum absolute atomic E-state index is 0.259. The van der Waals surface area contributed by atoms with Gasteiger partial charge in [-0.1, -0.05) is 23.7 Å². The number of fused-ring (bicyclic) bond motifs is 1. The standard InChI is InChI=1S/C24H25ClN2O2S/c1-4-29-24(28)22-18-9-5-8-12-21(18)30-23(22)26-14-17-13-15(2)27(16(17)3)20-11-7-6-10-19(20)25/h6-7,10-11,13-14H,4-5,8-9,12H2,1-3H3. The molecule has 0 bridgehead atoms. The van der Waals surface area contributed by atoms with E-state index in [1.54, 1.807) is 11.3 Å². The first-order valence-corrected chi connectivity index (χ1v) is 11.5. The first-order valence-electron chi connectivity index (χ1n) is 10.3. The van der Waals surface area contributed by atoms with Crippen LogP contribution in [0, 0.1) is 13.8 Å². The van der Waals surface area contributed by atoms with Crippen LogP contribution in [0.3, 0.4) is 0 Å². The molecule has 0 spiro atoms. The van der Waals surface area contributed by atoms with Crippen LogP contribution >= 0.6 is 22.9 Å². The minimum Gasteiger partial charge on any atom is -0.462 e. The Balaban J connectivity index is 1.73. The van der Waals surface area contributed by atoms with Crippen molar-refractivity contribution in [2.45, 2.75) is 46.5 Å². The Morgan fingerprint density at radius 3 is 2.80 bits per heavy atom. The highest BCUT2D eigenvalue weighted by Gasteiger charge is 2.26. The molecule has 0 saturated heterocycles. The third-order valence-electron chi connectivity index (χ3n) is 5.52. The average Bonchev–Trinajstić information content (AvgIpc) is 3.24. The number of hydrogen-bond donors (Lipinski definition) is 0. The van der Waals surface area contributed by atoms with Crippen LogP contribution in [-0.2, 0) is 17.6 Å². The Morgan fingerprint density at radius 1 is 1.27 bits per heavy atom. The highest BCUT2D eigenvalue weighted by atomic mass is 35.5. The van der Waals surface area contributed by atoms with Gasteiger partial charge in [0.25, 0.3) is 0 Å². The number of ether oxygens (including phenoxy) is 1. The average molecular weight is 441 g/mol. The number of thiophene rings is 1. The lowest BCUT2D eigenvalue weighted by atomic mass is 9.95. The largest absolute Gasteiger partial charge is 0.462 e. The van der Waals surface area contributed by atoms with E-state index in [0.717, 1.165) is 58.9 Å². The van der Waals surface area contributed by atoms with Gasteiger partial charge in [-0.15, -0.1) is 11.3 Å². The summed E-state index contributed by atoms with van der Waals surface area (Å²) in [5.41, 5.74) is 5.90. The van der Waals surface area contributed by atoms with Crippen LogP contribution in [0.5, 0.6) is 0 Å². The fourth-order valence-electron chi connectivity index (χ4n) is 4.11. The number of para-hydroxylation sites is 1. The number of esters is 1. The maximum absolute atomic E-state index is 12.6. The Bertz CT molecular complexity index is 1130. The topological polar surface area (TPSA) is 43.6 Å². The highest BCUT2D eigenvalue weighted by molar-refractivity contribution is 7.16. The second-order valence-corrected chi connectivity index (χ2v) is 8.97.